The predicted octanol–water partition coefficient (Wildman–Crippen LogP) is 1.02. The zero-order valence-electron chi connectivity index (χ0n) is 8.49. The monoisotopic (exact) mass is 217 g/mol. The fourth-order valence-electron chi connectivity index (χ4n) is 1.98. The first-order valence-corrected chi connectivity index (χ1v) is 4.97. The summed E-state index contributed by atoms with van der Waals surface area (Å²) in [7, 11) is 1.55. The van der Waals surface area contributed by atoms with Crippen molar-refractivity contribution in [2.24, 2.45) is 13.0 Å². The smallest absolute Gasteiger partial charge is 0.285 e. The Bertz CT molecular complexity index is 410. The lowest BCUT2D eigenvalue weighted by molar-refractivity contribution is -0.0436. The highest BCUT2D eigenvalue weighted by Gasteiger charge is 2.44. The molecule has 1 aromatic rings. The first kappa shape index (κ1) is 10.3. The van der Waals surface area contributed by atoms with Gasteiger partial charge in [0, 0.05) is 19.4 Å². The van der Waals surface area contributed by atoms with Gasteiger partial charge < -0.3 is 0 Å². The largest absolute Gasteiger partial charge is 0.345 e. The quantitative estimate of drug-likeness (QED) is 0.742. The topological polar surface area (TPSA) is 39.8 Å². The van der Waals surface area contributed by atoms with E-state index in [1.165, 1.54) is 10.9 Å². The molecule has 0 bridgehead atoms. The fourth-order valence-corrected chi connectivity index (χ4v) is 1.98. The van der Waals surface area contributed by atoms with Crippen molar-refractivity contribution in [3.63, 3.8) is 0 Å². The standard InChI is InChI=1S/C9H13F2N3O/c1-13-6-12-14(8(13)15)5-7-3-2-4-9(7,10)11/h6-7H,2-5H2,1H3/t7-/m1/s1. The Morgan fingerprint density at radius 2 is 2.40 bits per heavy atom. The van der Waals surface area contributed by atoms with E-state index in [1.807, 2.05) is 0 Å². The third kappa shape index (κ3) is 1.80. The molecule has 0 aromatic carbocycles. The van der Waals surface area contributed by atoms with Crippen LogP contribution in [0.3, 0.4) is 0 Å². The van der Waals surface area contributed by atoms with Crippen LogP contribution in [0.4, 0.5) is 8.78 Å². The molecular formula is C9H13F2N3O. The van der Waals surface area contributed by atoms with E-state index >= 15 is 0 Å². The number of rotatable bonds is 2. The molecule has 0 amide bonds. The van der Waals surface area contributed by atoms with Crippen LogP contribution in [0.15, 0.2) is 11.1 Å². The summed E-state index contributed by atoms with van der Waals surface area (Å²) in [6, 6.07) is 0. The van der Waals surface area contributed by atoms with Gasteiger partial charge in [-0.05, 0) is 12.8 Å². The molecule has 6 heteroatoms. The van der Waals surface area contributed by atoms with Crippen LogP contribution in [0, 0.1) is 5.92 Å². The molecule has 1 aliphatic carbocycles. The van der Waals surface area contributed by atoms with Crippen molar-refractivity contribution in [2.75, 3.05) is 0 Å². The second-order valence-corrected chi connectivity index (χ2v) is 4.06. The van der Waals surface area contributed by atoms with E-state index in [4.69, 9.17) is 0 Å². The highest BCUT2D eigenvalue weighted by molar-refractivity contribution is 4.84. The molecule has 4 nitrogen and oxygen atoms in total. The minimum absolute atomic E-state index is 0.0205. The van der Waals surface area contributed by atoms with E-state index in [2.05, 4.69) is 5.10 Å². The summed E-state index contributed by atoms with van der Waals surface area (Å²) < 4.78 is 29.0. The van der Waals surface area contributed by atoms with Crippen LogP contribution in [-0.2, 0) is 13.6 Å². The molecular weight excluding hydrogens is 204 g/mol. The number of aryl methyl sites for hydroxylation is 1. The van der Waals surface area contributed by atoms with Crippen LogP contribution >= 0.6 is 0 Å². The summed E-state index contributed by atoms with van der Waals surface area (Å²) in [6.07, 6.45) is 2.27. The van der Waals surface area contributed by atoms with Gasteiger partial charge in [0.2, 0.25) is 0 Å². The first-order valence-electron chi connectivity index (χ1n) is 4.97. The van der Waals surface area contributed by atoms with Crippen LogP contribution in [0.5, 0.6) is 0 Å². The highest BCUT2D eigenvalue weighted by Crippen LogP contribution is 2.40. The molecule has 1 saturated carbocycles. The molecule has 0 unspecified atom stereocenters. The van der Waals surface area contributed by atoms with Gasteiger partial charge in [-0.25, -0.2) is 18.3 Å². The van der Waals surface area contributed by atoms with Gasteiger partial charge in [0.1, 0.15) is 6.33 Å². The molecule has 0 aliphatic heterocycles. The van der Waals surface area contributed by atoms with Gasteiger partial charge in [0.25, 0.3) is 5.92 Å². The van der Waals surface area contributed by atoms with Crippen molar-refractivity contribution >= 4 is 0 Å². The predicted molar refractivity (Wildman–Crippen MR) is 49.8 cm³/mol. The Kier molecular flexibility index (Phi) is 2.36. The molecule has 15 heavy (non-hydrogen) atoms. The molecule has 1 aromatic heterocycles. The molecule has 84 valence electrons. The molecule has 0 spiro atoms. The lowest BCUT2D eigenvalue weighted by Gasteiger charge is -2.17. The van der Waals surface area contributed by atoms with Gasteiger partial charge in [-0.2, -0.15) is 5.10 Å². The summed E-state index contributed by atoms with van der Waals surface area (Å²) in [6.45, 7) is 0.0205. The van der Waals surface area contributed by atoms with Crippen LogP contribution in [0.25, 0.3) is 0 Å². The molecule has 1 heterocycles. The van der Waals surface area contributed by atoms with Gasteiger partial charge in [0.05, 0.1) is 6.54 Å². The third-order valence-electron chi connectivity index (χ3n) is 2.94. The lowest BCUT2D eigenvalue weighted by Crippen LogP contribution is -2.32. The Morgan fingerprint density at radius 1 is 1.67 bits per heavy atom. The zero-order valence-corrected chi connectivity index (χ0v) is 8.49. The van der Waals surface area contributed by atoms with Crippen molar-refractivity contribution < 1.29 is 8.78 Å². The summed E-state index contributed by atoms with van der Waals surface area (Å²) in [5.41, 5.74) is -0.335. The van der Waals surface area contributed by atoms with Crippen LogP contribution in [0.1, 0.15) is 19.3 Å². The summed E-state index contributed by atoms with van der Waals surface area (Å²) in [5.74, 6) is -3.39. The van der Waals surface area contributed by atoms with Crippen molar-refractivity contribution in [3.8, 4) is 0 Å². The molecule has 2 rings (SSSR count). The van der Waals surface area contributed by atoms with Crippen molar-refractivity contribution in [1.82, 2.24) is 14.3 Å². The minimum Gasteiger partial charge on any atom is -0.285 e. The summed E-state index contributed by atoms with van der Waals surface area (Å²) >= 11 is 0. The van der Waals surface area contributed by atoms with E-state index in [0.717, 1.165) is 4.68 Å². The van der Waals surface area contributed by atoms with Gasteiger partial charge >= 0.3 is 5.69 Å². The Labute approximate surface area is 85.5 Å². The number of alkyl halides is 2. The van der Waals surface area contributed by atoms with Gasteiger partial charge in [-0.15, -0.1) is 0 Å². The average molecular weight is 217 g/mol. The number of aromatic nitrogens is 3. The maximum Gasteiger partial charge on any atom is 0.345 e. The number of hydrogen-bond acceptors (Lipinski definition) is 2. The van der Waals surface area contributed by atoms with Gasteiger partial charge in [-0.1, -0.05) is 0 Å². The van der Waals surface area contributed by atoms with Crippen molar-refractivity contribution in [3.05, 3.63) is 16.8 Å². The summed E-state index contributed by atoms with van der Waals surface area (Å²) in [5, 5.41) is 3.78. The minimum atomic E-state index is -2.64. The van der Waals surface area contributed by atoms with E-state index in [1.54, 1.807) is 7.05 Å². The van der Waals surface area contributed by atoms with Crippen LogP contribution < -0.4 is 5.69 Å². The highest BCUT2D eigenvalue weighted by atomic mass is 19.3. The van der Waals surface area contributed by atoms with Gasteiger partial charge in [0.15, 0.2) is 0 Å². The van der Waals surface area contributed by atoms with Crippen molar-refractivity contribution in [2.45, 2.75) is 31.7 Å². The van der Waals surface area contributed by atoms with Crippen LogP contribution in [0.2, 0.25) is 0 Å². The molecule has 0 radical (unpaired) electrons. The second kappa shape index (κ2) is 3.43. The maximum atomic E-state index is 13.3. The van der Waals surface area contributed by atoms with E-state index < -0.39 is 11.8 Å². The maximum absolute atomic E-state index is 13.3. The van der Waals surface area contributed by atoms with E-state index in [9.17, 15) is 13.6 Å². The Morgan fingerprint density at radius 3 is 2.87 bits per heavy atom. The number of nitrogens with zero attached hydrogens (tertiary/aromatic N) is 3. The summed E-state index contributed by atoms with van der Waals surface area (Å²) in [4.78, 5) is 11.4. The zero-order chi connectivity index (χ0) is 11.1. The van der Waals surface area contributed by atoms with Crippen molar-refractivity contribution in [1.29, 1.82) is 0 Å². The van der Waals surface area contributed by atoms with E-state index in [0.29, 0.717) is 12.8 Å². The second-order valence-electron chi connectivity index (χ2n) is 4.06. The molecule has 1 aliphatic rings. The van der Waals surface area contributed by atoms with E-state index in [-0.39, 0.29) is 18.7 Å². The Balaban J connectivity index is 2.16. The Hall–Kier alpha value is -1.20. The SMILES string of the molecule is Cn1cnn(C[C@H]2CCCC2(F)F)c1=O. The molecule has 1 atom stereocenters. The molecule has 0 N–H and O–H groups in total. The number of halogens is 2. The number of hydrogen-bond donors (Lipinski definition) is 0. The normalized spacial score (nSPS) is 24.6. The average Bonchev–Trinajstić information content (AvgIpc) is 2.64. The third-order valence-corrected chi connectivity index (χ3v) is 2.94. The van der Waals surface area contributed by atoms with Gasteiger partial charge in [-0.3, -0.25) is 4.57 Å². The lowest BCUT2D eigenvalue weighted by atomic mass is 10.1. The fraction of sp³-hybridized carbons (Fsp3) is 0.778. The molecule has 0 saturated heterocycles. The van der Waals surface area contributed by atoms with Crippen LogP contribution in [-0.4, -0.2) is 20.3 Å². The molecule has 1 fully saturated rings. The first-order chi connectivity index (χ1) is 7.00.